The van der Waals surface area contributed by atoms with Gasteiger partial charge < -0.3 is 0 Å². The van der Waals surface area contributed by atoms with Crippen molar-refractivity contribution in [1.29, 1.82) is 0 Å². The standard InChI is InChI=1S/C18H32BFN2/c1-11(16-6-8-17(19)9-7-16)10-18(13(3)20)22-15(5)12(2)14(4)21-22/h11-13,15-18H,6-10H2,1-5H3. The van der Waals surface area contributed by atoms with Crippen molar-refractivity contribution < 1.29 is 4.39 Å². The van der Waals surface area contributed by atoms with Crippen molar-refractivity contribution in [3.63, 3.8) is 0 Å². The van der Waals surface area contributed by atoms with Crippen molar-refractivity contribution in [3.05, 3.63) is 0 Å². The molecule has 0 aromatic carbocycles. The second-order valence-electron chi connectivity index (χ2n) is 7.78. The molecule has 2 radical (unpaired) electrons. The van der Waals surface area contributed by atoms with Crippen molar-refractivity contribution >= 4 is 13.6 Å². The van der Waals surface area contributed by atoms with Crippen molar-refractivity contribution in [2.45, 2.75) is 90.8 Å². The predicted octanol–water partition coefficient (Wildman–Crippen LogP) is 4.60. The summed E-state index contributed by atoms with van der Waals surface area (Å²) in [7, 11) is 6.01. The molecule has 2 aliphatic rings. The zero-order valence-corrected chi connectivity index (χ0v) is 14.9. The van der Waals surface area contributed by atoms with E-state index in [-0.39, 0.29) is 6.04 Å². The largest absolute Gasteiger partial charge is 0.288 e. The fourth-order valence-corrected chi connectivity index (χ4v) is 4.11. The van der Waals surface area contributed by atoms with E-state index in [0.29, 0.717) is 29.6 Å². The number of hydrogen-bond acceptors (Lipinski definition) is 2. The van der Waals surface area contributed by atoms with Gasteiger partial charge >= 0.3 is 0 Å². The second kappa shape index (κ2) is 7.36. The Labute approximate surface area is 137 Å². The highest BCUT2D eigenvalue weighted by atomic mass is 19.1. The number of hydrogen-bond donors (Lipinski definition) is 0. The van der Waals surface area contributed by atoms with Crippen molar-refractivity contribution in [3.8, 4) is 0 Å². The summed E-state index contributed by atoms with van der Waals surface area (Å²) >= 11 is 0. The number of halogens is 1. The molecule has 0 N–H and O–H groups in total. The lowest BCUT2D eigenvalue weighted by atomic mass is 9.68. The molecule has 0 amide bonds. The van der Waals surface area contributed by atoms with Crippen molar-refractivity contribution in [2.24, 2.45) is 22.9 Å². The Bertz CT molecular complexity index is 391. The van der Waals surface area contributed by atoms with Gasteiger partial charge in [-0.3, -0.25) is 5.01 Å². The van der Waals surface area contributed by atoms with Crippen LogP contribution in [0.5, 0.6) is 0 Å². The Morgan fingerprint density at radius 2 is 1.82 bits per heavy atom. The molecule has 5 atom stereocenters. The summed E-state index contributed by atoms with van der Waals surface area (Å²) in [6.45, 7) is 10.4. The fraction of sp³-hybridized carbons (Fsp3) is 0.944. The first-order valence-electron chi connectivity index (χ1n) is 9.04. The molecular weight excluding hydrogens is 274 g/mol. The van der Waals surface area contributed by atoms with Crippen LogP contribution in [0.4, 0.5) is 4.39 Å². The number of rotatable bonds is 5. The fourth-order valence-electron chi connectivity index (χ4n) is 4.11. The smallest absolute Gasteiger partial charge is 0.119 e. The SMILES string of the molecule is [B]C1CCC(C(C)CC(C(C)F)N2N=C(C)C(C)C2C)CC1. The van der Waals surface area contributed by atoms with Gasteiger partial charge in [-0.15, -0.1) is 0 Å². The molecule has 0 aromatic rings. The molecule has 4 heteroatoms. The lowest BCUT2D eigenvalue weighted by molar-refractivity contribution is 0.0625. The van der Waals surface area contributed by atoms with E-state index in [4.69, 9.17) is 7.85 Å². The molecule has 22 heavy (non-hydrogen) atoms. The topological polar surface area (TPSA) is 15.6 Å². The minimum atomic E-state index is -0.849. The van der Waals surface area contributed by atoms with Crippen LogP contribution in [-0.2, 0) is 0 Å². The predicted molar refractivity (Wildman–Crippen MR) is 93.2 cm³/mol. The van der Waals surface area contributed by atoms with E-state index in [1.165, 1.54) is 12.8 Å². The number of hydrazone groups is 1. The van der Waals surface area contributed by atoms with E-state index in [0.717, 1.165) is 25.0 Å². The molecule has 0 bridgehead atoms. The third kappa shape index (κ3) is 3.86. The van der Waals surface area contributed by atoms with Gasteiger partial charge in [0.05, 0.1) is 19.9 Å². The van der Waals surface area contributed by atoms with Crippen LogP contribution in [0.3, 0.4) is 0 Å². The molecule has 5 unspecified atom stereocenters. The summed E-state index contributed by atoms with van der Waals surface area (Å²) in [5, 5.41) is 6.72. The van der Waals surface area contributed by atoms with Crippen LogP contribution >= 0.6 is 0 Å². The summed E-state index contributed by atoms with van der Waals surface area (Å²) in [6, 6.07) is 0.204. The Morgan fingerprint density at radius 1 is 1.23 bits per heavy atom. The maximum Gasteiger partial charge on any atom is 0.119 e. The van der Waals surface area contributed by atoms with Crippen LogP contribution in [0.15, 0.2) is 5.10 Å². The van der Waals surface area contributed by atoms with Gasteiger partial charge in [0.1, 0.15) is 6.17 Å². The molecule has 1 saturated carbocycles. The molecule has 0 spiro atoms. The van der Waals surface area contributed by atoms with E-state index in [1.807, 2.05) is 0 Å². The Kier molecular flexibility index (Phi) is 5.96. The zero-order valence-electron chi connectivity index (χ0n) is 14.9. The maximum absolute atomic E-state index is 14.3. The van der Waals surface area contributed by atoms with Crippen LogP contribution in [-0.4, -0.2) is 36.8 Å². The molecular formula is C18H32BFN2. The van der Waals surface area contributed by atoms with Crippen LogP contribution in [0.1, 0.15) is 66.7 Å². The summed E-state index contributed by atoms with van der Waals surface area (Å²) in [5.41, 5.74) is 1.13. The molecule has 1 fully saturated rings. The van der Waals surface area contributed by atoms with E-state index in [2.05, 4.69) is 37.8 Å². The molecule has 2 nitrogen and oxygen atoms in total. The van der Waals surface area contributed by atoms with Gasteiger partial charge in [0.2, 0.25) is 0 Å². The van der Waals surface area contributed by atoms with Gasteiger partial charge in [0.25, 0.3) is 0 Å². The van der Waals surface area contributed by atoms with Crippen LogP contribution in [0.2, 0.25) is 5.82 Å². The second-order valence-corrected chi connectivity index (χ2v) is 7.78. The highest BCUT2D eigenvalue weighted by Crippen LogP contribution is 2.38. The molecule has 1 aliphatic heterocycles. The summed E-state index contributed by atoms with van der Waals surface area (Å²) in [6.07, 6.45) is 4.69. The summed E-state index contributed by atoms with van der Waals surface area (Å²) in [5.74, 6) is 2.03. The first kappa shape index (κ1) is 17.8. The zero-order chi connectivity index (χ0) is 16.4. The third-order valence-corrected chi connectivity index (χ3v) is 6.18. The van der Waals surface area contributed by atoms with Gasteiger partial charge in [0.15, 0.2) is 0 Å². The Balaban J connectivity index is 2.00. The average molecular weight is 306 g/mol. The van der Waals surface area contributed by atoms with E-state index in [9.17, 15) is 4.39 Å². The quantitative estimate of drug-likeness (QED) is 0.678. The lowest BCUT2D eigenvalue weighted by Crippen LogP contribution is -2.43. The number of alkyl halides is 1. The molecule has 2 rings (SSSR count). The first-order chi connectivity index (χ1) is 10.3. The Hall–Kier alpha value is -0.535. The lowest BCUT2D eigenvalue weighted by Gasteiger charge is -2.37. The van der Waals surface area contributed by atoms with E-state index >= 15 is 0 Å². The summed E-state index contributed by atoms with van der Waals surface area (Å²) in [4.78, 5) is 0. The normalized spacial score (nSPS) is 36.8. The molecule has 0 saturated heterocycles. The monoisotopic (exact) mass is 306 g/mol. The highest BCUT2D eigenvalue weighted by molar-refractivity contribution is 6.11. The van der Waals surface area contributed by atoms with Gasteiger partial charge in [-0.1, -0.05) is 45.3 Å². The van der Waals surface area contributed by atoms with Gasteiger partial charge in [-0.25, -0.2) is 4.39 Å². The maximum atomic E-state index is 14.3. The average Bonchev–Trinajstić information content (AvgIpc) is 2.72. The van der Waals surface area contributed by atoms with Crippen LogP contribution in [0, 0.1) is 17.8 Å². The highest BCUT2D eigenvalue weighted by Gasteiger charge is 2.37. The van der Waals surface area contributed by atoms with Crippen molar-refractivity contribution in [2.75, 3.05) is 0 Å². The van der Waals surface area contributed by atoms with Crippen molar-refractivity contribution in [1.82, 2.24) is 5.01 Å². The summed E-state index contributed by atoms with van der Waals surface area (Å²) < 4.78 is 14.3. The number of nitrogens with zero attached hydrogens (tertiary/aromatic N) is 2. The van der Waals surface area contributed by atoms with Crippen LogP contribution in [0.25, 0.3) is 0 Å². The molecule has 1 aliphatic carbocycles. The van der Waals surface area contributed by atoms with Gasteiger partial charge in [-0.2, -0.15) is 5.10 Å². The van der Waals surface area contributed by atoms with E-state index < -0.39 is 6.17 Å². The van der Waals surface area contributed by atoms with Crippen LogP contribution < -0.4 is 0 Å². The van der Waals surface area contributed by atoms with E-state index in [1.54, 1.807) is 6.92 Å². The molecule has 124 valence electrons. The van der Waals surface area contributed by atoms with Gasteiger partial charge in [0, 0.05) is 11.6 Å². The molecule has 1 heterocycles. The first-order valence-corrected chi connectivity index (χ1v) is 9.04. The minimum Gasteiger partial charge on any atom is -0.288 e. The molecule has 0 aromatic heterocycles. The Morgan fingerprint density at radius 3 is 2.27 bits per heavy atom. The third-order valence-electron chi connectivity index (χ3n) is 6.18. The minimum absolute atomic E-state index is 0.0968. The van der Waals surface area contributed by atoms with Gasteiger partial charge in [-0.05, 0) is 39.0 Å².